The van der Waals surface area contributed by atoms with E-state index in [9.17, 15) is 9.90 Å². The van der Waals surface area contributed by atoms with E-state index in [1.54, 1.807) is 0 Å². The van der Waals surface area contributed by atoms with Crippen LogP contribution in [0.15, 0.2) is 0 Å². The molecular weight excluding hydrogens is 228 g/mol. The zero-order valence-corrected chi connectivity index (χ0v) is 11.6. The average molecular weight is 254 g/mol. The number of aliphatic carboxylic acids is 1. The molecule has 0 bridgehead atoms. The highest BCUT2D eigenvalue weighted by molar-refractivity contribution is 5.79. The number of rotatable bonds is 6. The molecule has 0 spiro atoms. The number of hydrogen-bond acceptors (Lipinski definition) is 3. The second-order valence-electron chi connectivity index (χ2n) is 5.96. The van der Waals surface area contributed by atoms with Gasteiger partial charge in [-0.3, -0.25) is 4.79 Å². The molecule has 4 heteroatoms. The van der Waals surface area contributed by atoms with Crippen LogP contribution in [0.4, 0.5) is 0 Å². The van der Waals surface area contributed by atoms with Gasteiger partial charge < -0.3 is 15.3 Å². The van der Waals surface area contributed by atoms with Gasteiger partial charge in [0.1, 0.15) is 5.54 Å². The molecule has 0 aromatic carbocycles. The highest BCUT2D eigenvalue weighted by Crippen LogP contribution is 2.36. The first-order valence-corrected chi connectivity index (χ1v) is 7.29. The summed E-state index contributed by atoms with van der Waals surface area (Å²) in [4.78, 5) is 14.0. The summed E-state index contributed by atoms with van der Waals surface area (Å²) in [7, 11) is 2.17. The van der Waals surface area contributed by atoms with E-state index in [0.717, 1.165) is 32.2 Å². The number of carboxylic acid groups (broad SMARTS) is 1. The first-order valence-electron chi connectivity index (χ1n) is 7.29. The average Bonchev–Trinajstić information content (AvgIpc) is 2.69. The molecule has 0 amide bonds. The Hall–Kier alpha value is -0.610. The van der Waals surface area contributed by atoms with Gasteiger partial charge in [-0.2, -0.15) is 0 Å². The van der Waals surface area contributed by atoms with Gasteiger partial charge in [-0.1, -0.05) is 13.3 Å². The van der Waals surface area contributed by atoms with Crippen LogP contribution < -0.4 is 5.32 Å². The molecular formula is C14H26N2O2. The smallest absolute Gasteiger partial charge is 0.323 e. The van der Waals surface area contributed by atoms with Gasteiger partial charge >= 0.3 is 5.97 Å². The van der Waals surface area contributed by atoms with Gasteiger partial charge in [0.2, 0.25) is 0 Å². The molecule has 2 aliphatic carbocycles. The van der Waals surface area contributed by atoms with Gasteiger partial charge in [0.25, 0.3) is 0 Å². The lowest BCUT2D eigenvalue weighted by molar-refractivity contribution is -0.144. The minimum Gasteiger partial charge on any atom is -0.480 e. The highest BCUT2D eigenvalue weighted by Gasteiger charge is 2.47. The minimum absolute atomic E-state index is 0.441. The van der Waals surface area contributed by atoms with Crippen LogP contribution in [0.3, 0.4) is 0 Å². The van der Waals surface area contributed by atoms with Gasteiger partial charge in [-0.05, 0) is 52.1 Å². The van der Waals surface area contributed by atoms with Gasteiger partial charge in [-0.25, -0.2) is 0 Å². The summed E-state index contributed by atoms with van der Waals surface area (Å²) < 4.78 is 0. The maximum absolute atomic E-state index is 11.6. The quantitative estimate of drug-likeness (QED) is 0.759. The molecule has 0 heterocycles. The normalized spacial score (nSPS) is 32.7. The van der Waals surface area contributed by atoms with Crippen LogP contribution in [0.5, 0.6) is 0 Å². The lowest BCUT2D eigenvalue weighted by atomic mass is 9.90. The zero-order chi connectivity index (χ0) is 13.2. The van der Waals surface area contributed by atoms with Crippen molar-refractivity contribution in [2.75, 3.05) is 13.6 Å². The molecule has 0 aromatic heterocycles. The Morgan fingerprint density at radius 3 is 2.61 bits per heavy atom. The number of hydrogen-bond donors (Lipinski definition) is 2. The summed E-state index contributed by atoms with van der Waals surface area (Å²) in [6, 6.07) is 1.14. The van der Waals surface area contributed by atoms with Crippen molar-refractivity contribution in [1.82, 2.24) is 10.2 Å². The summed E-state index contributed by atoms with van der Waals surface area (Å²) in [5.74, 6) is -0.666. The van der Waals surface area contributed by atoms with E-state index in [4.69, 9.17) is 0 Å². The van der Waals surface area contributed by atoms with Crippen molar-refractivity contribution in [3.05, 3.63) is 0 Å². The van der Waals surface area contributed by atoms with Crippen LogP contribution in [0.1, 0.15) is 51.9 Å². The second kappa shape index (κ2) is 5.57. The Balaban J connectivity index is 1.96. The Morgan fingerprint density at radius 2 is 2.11 bits per heavy atom. The fourth-order valence-corrected chi connectivity index (χ4v) is 3.25. The van der Waals surface area contributed by atoms with E-state index in [0.29, 0.717) is 12.1 Å². The predicted molar refractivity (Wildman–Crippen MR) is 71.7 cm³/mol. The molecule has 2 rings (SSSR count). The standard InChI is InChI=1S/C14H26N2O2/c1-3-9-15-14(13(17)18)8-7-12(10-14)16(2)11-5-4-6-11/h11-12,15H,3-10H2,1-2H3,(H,17,18). The van der Waals surface area contributed by atoms with Crippen molar-refractivity contribution in [3.63, 3.8) is 0 Å². The number of carboxylic acids is 1. The summed E-state index contributed by atoms with van der Waals surface area (Å²) in [6.45, 7) is 2.88. The first-order chi connectivity index (χ1) is 8.59. The van der Waals surface area contributed by atoms with Crippen LogP contribution in [-0.4, -0.2) is 47.2 Å². The highest BCUT2D eigenvalue weighted by atomic mass is 16.4. The van der Waals surface area contributed by atoms with Crippen LogP contribution in [0.25, 0.3) is 0 Å². The van der Waals surface area contributed by atoms with Crippen LogP contribution in [0, 0.1) is 0 Å². The Labute approximate surface area is 110 Å². The topological polar surface area (TPSA) is 52.6 Å². The monoisotopic (exact) mass is 254 g/mol. The van der Waals surface area contributed by atoms with Crippen molar-refractivity contribution in [2.45, 2.75) is 69.5 Å². The zero-order valence-electron chi connectivity index (χ0n) is 11.6. The third-order valence-corrected chi connectivity index (χ3v) is 4.84. The van der Waals surface area contributed by atoms with Crippen molar-refractivity contribution in [2.24, 2.45) is 0 Å². The van der Waals surface area contributed by atoms with Gasteiger partial charge in [0.05, 0.1) is 0 Å². The van der Waals surface area contributed by atoms with Crippen LogP contribution in [-0.2, 0) is 4.79 Å². The lowest BCUT2D eigenvalue weighted by Gasteiger charge is -2.39. The van der Waals surface area contributed by atoms with Gasteiger partial charge in [0.15, 0.2) is 0 Å². The maximum atomic E-state index is 11.6. The Bertz CT molecular complexity index is 304. The third-order valence-electron chi connectivity index (χ3n) is 4.84. The molecule has 0 saturated heterocycles. The van der Waals surface area contributed by atoms with Crippen molar-refractivity contribution in [3.8, 4) is 0 Å². The largest absolute Gasteiger partial charge is 0.480 e. The first kappa shape index (κ1) is 13.8. The van der Waals surface area contributed by atoms with Gasteiger partial charge in [-0.15, -0.1) is 0 Å². The molecule has 104 valence electrons. The SMILES string of the molecule is CCCNC1(C(=O)O)CCC(N(C)C2CCC2)C1. The number of carbonyl (C=O) groups is 1. The fourth-order valence-electron chi connectivity index (χ4n) is 3.25. The number of nitrogens with one attached hydrogen (secondary N) is 1. The summed E-state index contributed by atoms with van der Waals surface area (Å²) in [5.41, 5.74) is -0.668. The predicted octanol–water partition coefficient (Wildman–Crippen LogP) is 1.85. The molecule has 0 aromatic rings. The maximum Gasteiger partial charge on any atom is 0.323 e. The van der Waals surface area contributed by atoms with Crippen LogP contribution in [0.2, 0.25) is 0 Å². The summed E-state index contributed by atoms with van der Waals surface area (Å²) in [5, 5.41) is 12.8. The molecule has 0 radical (unpaired) electrons. The summed E-state index contributed by atoms with van der Waals surface area (Å²) >= 11 is 0. The van der Waals surface area contributed by atoms with E-state index >= 15 is 0 Å². The lowest BCUT2D eigenvalue weighted by Crippen LogP contribution is -2.52. The minimum atomic E-state index is -0.668. The molecule has 18 heavy (non-hydrogen) atoms. The van der Waals surface area contributed by atoms with E-state index in [2.05, 4.69) is 24.2 Å². The molecule has 2 aliphatic rings. The molecule has 2 saturated carbocycles. The fraction of sp³-hybridized carbons (Fsp3) is 0.929. The molecule has 2 fully saturated rings. The van der Waals surface area contributed by atoms with E-state index in [1.807, 2.05) is 0 Å². The molecule has 2 unspecified atom stereocenters. The van der Waals surface area contributed by atoms with E-state index < -0.39 is 11.5 Å². The summed E-state index contributed by atoms with van der Waals surface area (Å²) in [6.07, 6.45) is 7.43. The second-order valence-corrected chi connectivity index (χ2v) is 5.96. The molecule has 0 aliphatic heterocycles. The number of nitrogens with zero attached hydrogens (tertiary/aromatic N) is 1. The van der Waals surface area contributed by atoms with Crippen molar-refractivity contribution < 1.29 is 9.90 Å². The third kappa shape index (κ3) is 2.54. The molecule has 4 nitrogen and oxygen atoms in total. The molecule has 2 N–H and O–H groups in total. The van der Waals surface area contributed by atoms with Crippen LogP contribution >= 0.6 is 0 Å². The molecule has 2 atom stereocenters. The van der Waals surface area contributed by atoms with Gasteiger partial charge in [0, 0.05) is 12.1 Å². The van der Waals surface area contributed by atoms with Crippen molar-refractivity contribution >= 4 is 5.97 Å². The van der Waals surface area contributed by atoms with Crippen molar-refractivity contribution in [1.29, 1.82) is 0 Å². The Kier molecular flexibility index (Phi) is 4.28. The Morgan fingerprint density at radius 1 is 1.39 bits per heavy atom. The van der Waals surface area contributed by atoms with E-state index in [1.165, 1.54) is 19.3 Å². The van der Waals surface area contributed by atoms with E-state index in [-0.39, 0.29) is 0 Å².